The largest absolute Gasteiger partial charge is 0.493 e. The van der Waals surface area contributed by atoms with Crippen molar-refractivity contribution >= 4 is 15.7 Å². The van der Waals surface area contributed by atoms with Crippen molar-refractivity contribution in [3.63, 3.8) is 0 Å². The van der Waals surface area contributed by atoms with Crippen LogP contribution in [-0.2, 0) is 9.84 Å². The van der Waals surface area contributed by atoms with Crippen LogP contribution in [0, 0.1) is 0 Å². The molecule has 1 aliphatic rings. The second-order valence-electron chi connectivity index (χ2n) is 5.47. The molecule has 0 saturated carbocycles. The van der Waals surface area contributed by atoms with E-state index >= 15 is 0 Å². The van der Waals surface area contributed by atoms with E-state index in [-0.39, 0.29) is 16.5 Å². The average molecular weight is 331 g/mol. The second kappa shape index (κ2) is 6.04. The summed E-state index contributed by atoms with van der Waals surface area (Å²) in [6, 6.07) is 13.6. The molecule has 3 rings (SSSR count). The molecule has 0 fully saturated rings. The highest BCUT2D eigenvalue weighted by molar-refractivity contribution is 7.90. The van der Waals surface area contributed by atoms with Gasteiger partial charge in [0.2, 0.25) is 0 Å². The Balaban J connectivity index is 1.90. The summed E-state index contributed by atoms with van der Waals surface area (Å²) in [4.78, 5) is 12.6. The first-order chi connectivity index (χ1) is 11.0. The molecule has 1 heterocycles. The molecule has 0 spiro atoms. The maximum atomic E-state index is 12.6. The Bertz CT molecular complexity index is 845. The van der Waals surface area contributed by atoms with Crippen molar-refractivity contribution in [1.29, 1.82) is 0 Å². The average Bonchev–Trinajstić information content (AvgIpc) is 2.54. The summed E-state index contributed by atoms with van der Waals surface area (Å²) in [5.74, 6) is 0.355. The zero-order valence-corrected chi connectivity index (χ0v) is 13.5. The number of rotatable bonds is 3. The summed E-state index contributed by atoms with van der Waals surface area (Å²) < 4.78 is 29.3. The Hall–Kier alpha value is -2.34. The highest BCUT2D eigenvalue weighted by atomic mass is 32.2. The van der Waals surface area contributed by atoms with E-state index in [0.717, 1.165) is 17.6 Å². The van der Waals surface area contributed by atoms with Gasteiger partial charge in [0.05, 0.1) is 23.1 Å². The van der Waals surface area contributed by atoms with Gasteiger partial charge in [-0.25, -0.2) is 8.42 Å². The molecule has 23 heavy (non-hydrogen) atoms. The smallest absolute Gasteiger partial charge is 0.253 e. The van der Waals surface area contributed by atoms with Crippen LogP contribution >= 0.6 is 0 Å². The van der Waals surface area contributed by atoms with Crippen molar-refractivity contribution in [1.82, 2.24) is 5.32 Å². The fourth-order valence-electron chi connectivity index (χ4n) is 2.71. The molecular weight excluding hydrogens is 314 g/mol. The van der Waals surface area contributed by atoms with Gasteiger partial charge in [0.1, 0.15) is 5.75 Å². The molecule has 5 nitrogen and oxygen atoms in total. The molecule has 0 bridgehead atoms. The lowest BCUT2D eigenvalue weighted by Crippen LogP contribution is -2.32. The van der Waals surface area contributed by atoms with Crippen LogP contribution in [0.4, 0.5) is 0 Å². The zero-order valence-electron chi connectivity index (χ0n) is 12.7. The molecule has 1 aliphatic heterocycles. The molecule has 1 amide bonds. The van der Waals surface area contributed by atoms with Gasteiger partial charge < -0.3 is 10.1 Å². The minimum absolute atomic E-state index is 0.0397. The van der Waals surface area contributed by atoms with Crippen LogP contribution in [0.2, 0.25) is 0 Å². The molecule has 0 unspecified atom stereocenters. The molecule has 2 aromatic rings. The summed E-state index contributed by atoms with van der Waals surface area (Å²) in [5.41, 5.74) is 1.07. The Morgan fingerprint density at radius 1 is 1.13 bits per heavy atom. The normalized spacial score (nSPS) is 17.0. The highest BCUT2D eigenvalue weighted by Gasteiger charge is 2.25. The van der Waals surface area contributed by atoms with Gasteiger partial charge in [0.15, 0.2) is 9.84 Å². The van der Waals surface area contributed by atoms with Crippen molar-refractivity contribution in [2.75, 3.05) is 12.9 Å². The minimum Gasteiger partial charge on any atom is -0.493 e. The van der Waals surface area contributed by atoms with Gasteiger partial charge in [0, 0.05) is 18.2 Å². The third kappa shape index (κ3) is 3.22. The van der Waals surface area contributed by atoms with Crippen molar-refractivity contribution in [3.05, 3.63) is 59.7 Å². The first kappa shape index (κ1) is 15.6. The number of para-hydroxylation sites is 1. The van der Waals surface area contributed by atoms with Crippen LogP contribution in [0.25, 0.3) is 0 Å². The maximum absolute atomic E-state index is 12.6. The van der Waals surface area contributed by atoms with E-state index < -0.39 is 15.7 Å². The van der Waals surface area contributed by atoms with Crippen LogP contribution in [0.15, 0.2) is 53.4 Å². The molecule has 1 N–H and O–H groups in total. The van der Waals surface area contributed by atoms with E-state index in [1.54, 1.807) is 12.1 Å². The summed E-state index contributed by atoms with van der Waals surface area (Å²) in [6.45, 7) is 0.510. The van der Waals surface area contributed by atoms with Crippen molar-refractivity contribution < 1.29 is 17.9 Å². The van der Waals surface area contributed by atoms with Crippen LogP contribution in [0.1, 0.15) is 28.4 Å². The number of hydrogen-bond donors (Lipinski definition) is 1. The molecule has 6 heteroatoms. The number of amides is 1. The number of fused-ring (bicyclic) bond motifs is 1. The number of sulfone groups is 1. The van der Waals surface area contributed by atoms with Crippen LogP contribution < -0.4 is 10.1 Å². The number of ether oxygens (including phenoxy) is 1. The van der Waals surface area contributed by atoms with Crippen LogP contribution in [-0.4, -0.2) is 27.2 Å². The monoisotopic (exact) mass is 331 g/mol. The predicted octanol–water partition coefficient (Wildman–Crippen LogP) is 2.34. The molecule has 0 aromatic heterocycles. The number of benzene rings is 2. The first-order valence-corrected chi connectivity index (χ1v) is 9.17. The fourth-order valence-corrected chi connectivity index (χ4v) is 3.59. The second-order valence-corrected chi connectivity index (χ2v) is 7.45. The van der Waals surface area contributed by atoms with E-state index in [9.17, 15) is 13.2 Å². The van der Waals surface area contributed by atoms with E-state index in [0.29, 0.717) is 13.0 Å². The quantitative estimate of drug-likeness (QED) is 0.937. The Morgan fingerprint density at radius 3 is 2.61 bits per heavy atom. The Morgan fingerprint density at radius 2 is 1.83 bits per heavy atom. The van der Waals surface area contributed by atoms with E-state index in [2.05, 4.69) is 5.32 Å². The van der Waals surface area contributed by atoms with Crippen LogP contribution in [0.5, 0.6) is 5.75 Å². The van der Waals surface area contributed by atoms with Gasteiger partial charge in [-0.1, -0.05) is 30.3 Å². The molecule has 2 aromatic carbocycles. The van der Waals surface area contributed by atoms with Gasteiger partial charge in [-0.2, -0.15) is 0 Å². The lowest BCUT2D eigenvalue weighted by atomic mass is 10.00. The lowest BCUT2D eigenvalue weighted by molar-refractivity contribution is 0.0921. The van der Waals surface area contributed by atoms with E-state index in [1.165, 1.54) is 12.1 Å². The zero-order chi connectivity index (χ0) is 16.4. The van der Waals surface area contributed by atoms with E-state index in [1.807, 2.05) is 24.3 Å². The Labute approximate surface area is 135 Å². The number of carbonyl (C=O) groups excluding carboxylic acids is 1. The number of carbonyl (C=O) groups is 1. The standard InChI is InChI=1S/C17H17NO4S/c1-23(20,21)16-9-5-3-7-13(16)17(19)18-14-10-11-22-15-8-4-2-6-12(14)15/h2-9,14H,10-11H2,1H3,(H,18,19)/t14-/m0/s1. The minimum atomic E-state index is -3.47. The SMILES string of the molecule is CS(=O)(=O)c1ccccc1C(=O)N[C@H]1CCOc2ccccc21. The molecular formula is C17H17NO4S. The topological polar surface area (TPSA) is 72.5 Å². The van der Waals surface area contributed by atoms with Crippen molar-refractivity contribution in [2.24, 2.45) is 0 Å². The van der Waals surface area contributed by atoms with Crippen molar-refractivity contribution in [2.45, 2.75) is 17.4 Å². The fraction of sp³-hybridized carbons (Fsp3) is 0.235. The third-order valence-corrected chi connectivity index (χ3v) is 4.95. The first-order valence-electron chi connectivity index (χ1n) is 7.28. The summed E-state index contributed by atoms with van der Waals surface area (Å²) in [5, 5.41) is 2.92. The van der Waals surface area contributed by atoms with Gasteiger partial charge >= 0.3 is 0 Å². The lowest BCUT2D eigenvalue weighted by Gasteiger charge is -2.26. The molecule has 0 saturated heterocycles. The molecule has 1 atom stereocenters. The Kier molecular flexibility index (Phi) is 4.09. The molecule has 0 radical (unpaired) electrons. The summed E-state index contributed by atoms with van der Waals surface area (Å²) in [7, 11) is -3.47. The summed E-state index contributed by atoms with van der Waals surface area (Å²) in [6.07, 6.45) is 1.74. The third-order valence-electron chi connectivity index (χ3n) is 3.80. The highest BCUT2D eigenvalue weighted by Crippen LogP contribution is 2.31. The molecule has 0 aliphatic carbocycles. The number of nitrogens with one attached hydrogen (secondary N) is 1. The molecule has 120 valence electrons. The van der Waals surface area contributed by atoms with Crippen LogP contribution in [0.3, 0.4) is 0 Å². The van der Waals surface area contributed by atoms with Gasteiger partial charge in [-0.15, -0.1) is 0 Å². The van der Waals surface area contributed by atoms with E-state index in [4.69, 9.17) is 4.74 Å². The van der Waals surface area contributed by atoms with Gasteiger partial charge in [-0.05, 0) is 18.2 Å². The predicted molar refractivity (Wildman–Crippen MR) is 86.3 cm³/mol. The van der Waals surface area contributed by atoms with Gasteiger partial charge in [-0.3, -0.25) is 4.79 Å². The van der Waals surface area contributed by atoms with Gasteiger partial charge in [0.25, 0.3) is 5.91 Å². The van der Waals surface area contributed by atoms with Crippen molar-refractivity contribution in [3.8, 4) is 5.75 Å². The summed E-state index contributed by atoms with van der Waals surface area (Å²) >= 11 is 0. The maximum Gasteiger partial charge on any atom is 0.253 e. The number of hydrogen-bond acceptors (Lipinski definition) is 4.